The predicted octanol–water partition coefficient (Wildman–Crippen LogP) is 7.41. The normalized spacial score (nSPS) is 11.0. The quantitative estimate of drug-likeness (QED) is 0.177. The molecule has 1 aromatic carbocycles. The molecule has 0 aliphatic carbocycles. The number of carboxylic acids is 1. The molecule has 0 amide bonds. The smallest absolute Gasteiger partial charge is 0.303 e. The van der Waals surface area contributed by atoms with Crippen LogP contribution in [0.1, 0.15) is 115 Å². The van der Waals surface area contributed by atoms with Crippen LogP contribution >= 0.6 is 0 Å². The molecule has 0 atom stereocenters. The fraction of sp³-hybridized carbons (Fsp3) is 0.720. The van der Waals surface area contributed by atoms with Gasteiger partial charge in [-0.25, -0.2) is 0 Å². The van der Waals surface area contributed by atoms with Gasteiger partial charge in [0, 0.05) is 6.42 Å². The summed E-state index contributed by atoms with van der Waals surface area (Å²) in [6.07, 6.45) is 20.2. The lowest BCUT2D eigenvalue weighted by atomic mass is 10.0. The highest BCUT2D eigenvalue weighted by Crippen LogP contribution is 2.13. The van der Waals surface area contributed by atoms with E-state index < -0.39 is 16.1 Å². The molecule has 0 saturated heterocycles. The fourth-order valence-corrected chi connectivity index (χ4v) is 4.05. The third-order valence-corrected chi connectivity index (χ3v) is 5.88. The molecule has 31 heavy (non-hydrogen) atoms. The average Bonchev–Trinajstić information content (AvgIpc) is 2.71. The zero-order chi connectivity index (χ0) is 23.2. The minimum Gasteiger partial charge on any atom is -0.481 e. The van der Waals surface area contributed by atoms with Gasteiger partial charge >= 0.3 is 5.97 Å². The van der Waals surface area contributed by atoms with Crippen molar-refractivity contribution < 1.29 is 22.9 Å². The molecular formula is C25H44O5S. The Labute approximate surface area is 190 Å². The fourth-order valence-electron chi connectivity index (χ4n) is 3.43. The lowest BCUT2D eigenvalue weighted by Gasteiger charge is -2.03. The summed E-state index contributed by atoms with van der Waals surface area (Å²) in [5.41, 5.74) is 0.593. The summed E-state index contributed by atoms with van der Waals surface area (Å²) >= 11 is 0. The summed E-state index contributed by atoms with van der Waals surface area (Å²) in [6, 6.07) is 8.52. The highest BCUT2D eigenvalue weighted by atomic mass is 32.2. The number of aliphatic carboxylic acids is 1. The van der Waals surface area contributed by atoms with Gasteiger partial charge in [-0.1, -0.05) is 127 Å². The van der Waals surface area contributed by atoms with E-state index in [1.807, 2.05) is 0 Å². The summed E-state index contributed by atoms with van der Waals surface area (Å²) in [5, 5.41) is 8.52. The second-order valence-electron chi connectivity index (χ2n) is 8.31. The molecule has 0 spiro atoms. The predicted molar refractivity (Wildman–Crippen MR) is 129 cm³/mol. The molecule has 5 nitrogen and oxygen atoms in total. The van der Waals surface area contributed by atoms with Gasteiger partial charge in [0.2, 0.25) is 0 Å². The third kappa shape index (κ3) is 24.7. The molecule has 1 aromatic rings. The molecule has 2 N–H and O–H groups in total. The number of hydrogen-bond acceptors (Lipinski definition) is 3. The first-order chi connectivity index (χ1) is 14.8. The maximum atomic E-state index is 10.4. The van der Waals surface area contributed by atoms with E-state index in [4.69, 9.17) is 9.66 Å². The van der Waals surface area contributed by atoms with Crippen molar-refractivity contribution >= 4 is 16.1 Å². The van der Waals surface area contributed by atoms with Crippen molar-refractivity contribution in [3.8, 4) is 0 Å². The van der Waals surface area contributed by atoms with Gasteiger partial charge in [-0.05, 0) is 12.0 Å². The Balaban J connectivity index is 0.000000683. The first-order valence-corrected chi connectivity index (χ1v) is 13.7. The van der Waals surface area contributed by atoms with Crippen LogP contribution in [0.5, 0.6) is 0 Å². The molecular weight excluding hydrogens is 412 g/mol. The maximum absolute atomic E-state index is 10.4. The van der Waals surface area contributed by atoms with Crippen LogP contribution in [0.15, 0.2) is 30.3 Å². The zero-order valence-electron chi connectivity index (χ0n) is 19.4. The van der Waals surface area contributed by atoms with Crippen LogP contribution < -0.4 is 0 Å². The molecule has 1 rings (SSSR count). The first kappa shape index (κ1) is 29.6. The van der Waals surface area contributed by atoms with Gasteiger partial charge in [0.1, 0.15) is 5.75 Å². The van der Waals surface area contributed by atoms with Crippen LogP contribution in [0.4, 0.5) is 0 Å². The highest BCUT2D eigenvalue weighted by molar-refractivity contribution is 7.85. The lowest BCUT2D eigenvalue weighted by molar-refractivity contribution is -0.137. The van der Waals surface area contributed by atoms with Gasteiger partial charge in [0.15, 0.2) is 0 Å². The number of hydrogen-bond donors (Lipinski definition) is 2. The molecule has 0 bridgehead atoms. The number of unbranched alkanes of at least 4 members (excludes halogenated alkanes) is 14. The van der Waals surface area contributed by atoms with E-state index in [2.05, 4.69) is 6.92 Å². The molecule has 0 aromatic heterocycles. The molecule has 0 unspecified atom stereocenters. The number of benzene rings is 1. The van der Waals surface area contributed by atoms with E-state index in [0.717, 1.165) is 12.8 Å². The van der Waals surface area contributed by atoms with E-state index in [0.29, 0.717) is 12.0 Å². The van der Waals surface area contributed by atoms with Crippen molar-refractivity contribution in [2.75, 3.05) is 0 Å². The van der Waals surface area contributed by atoms with Crippen molar-refractivity contribution in [1.29, 1.82) is 0 Å². The van der Waals surface area contributed by atoms with Gasteiger partial charge in [-0.15, -0.1) is 0 Å². The van der Waals surface area contributed by atoms with E-state index in [-0.39, 0.29) is 5.75 Å². The number of carbonyl (C=O) groups is 1. The van der Waals surface area contributed by atoms with Crippen LogP contribution in [-0.4, -0.2) is 24.0 Å². The van der Waals surface area contributed by atoms with Crippen molar-refractivity contribution in [3.63, 3.8) is 0 Å². The second kappa shape index (κ2) is 20.5. The van der Waals surface area contributed by atoms with Crippen molar-refractivity contribution in [3.05, 3.63) is 35.9 Å². The second-order valence-corrected chi connectivity index (χ2v) is 9.76. The summed E-state index contributed by atoms with van der Waals surface area (Å²) in [7, 11) is -3.88. The van der Waals surface area contributed by atoms with E-state index >= 15 is 0 Å². The highest BCUT2D eigenvalue weighted by Gasteiger charge is 2.04. The Morgan fingerprint density at radius 2 is 1.10 bits per heavy atom. The van der Waals surface area contributed by atoms with E-state index in [9.17, 15) is 13.2 Å². The topological polar surface area (TPSA) is 91.7 Å². The maximum Gasteiger partial charge on any atom is 0.303 e. The van der Waals surface area contributed by atoms with Crippen LogP contribution in [-0.2, 0) is 20.7 Å². The summed E-state index contributed by atoms with van der Waals surface area (Å²) < 4.78 is 29.2. The average molecular weight is 457 g/mol. The molecule has 0 heterocycles. The van der Waals surface area contributed by atoms with E-state index in [1.54, 1.807) is 30.3 Å². The number of rotatable bonds is 18. The van der Waals surface area contributed by atoms with Crippen LogP contribution in [0, 0.1) is 0 Å². The van der Waals surface area contributed by atoms with Crippen molar-refractivity contribution in [2.24, 2.45) is 0 Å². The molecule has 0 aliphatic heterocycles. The number of carboxylic acid groups (broad SMARTS) is 1. The minimum absolute atomic E-state index is 0.312. The summed E-state index contributed by atoms with van der Waals surface area (Å²) in [5.74, 6) is -0.965. The lowest BCUT2D eigenvalue weighted by Crippen LogP contribution is -2.00. The SMILES string of the molecule is CCCCCCCCCCCCCCCCCC(=O)O.O=S(=O)(O)Cc1ccccc1. The summed E-state index contributed by atoms with van der Waals surface area (Å²) in [6.45, 7) is 2.27. The third-order valence-electron chi connectivity index (χ3n) is 5.19. The zero-order valence-corrected chi connectivity index (χ0v) is 20.3. The Hall–Kier alpha value is -1.40. The van der Waals surface area contributed by atoms with E-state index in [1.165, 1.54) is 83.5 Å². The molecule has 6 heteroatoms. The van der Waals surface area contributed by atoms with Crippen LogP contribution in [0.25, 0.3) is 0 Å². The van der Waals surface area contributed by atoms with Crippen molar-refractivity contribution in [1.82, 2.24) is 0 Å². The van der Waals surface area contributed by atoms with Gasteiger partial charge in [-0.3, -0.25) is 9.35 Å². The monoisotopic (exact) mass is 456 g/mol. The molecule has 180 valence electrons. The van der Waals surface area contributed by atoms with Gasteiger partial charge in [0.25, 0.3) is 10.1 Å². The molecule has 0 radical (unpaired) electrons. The Morgan fingerprint density at radius 1 is 0.710 bits per heavy atom. The van der Waals surface area contributed by atoms with Crippen molar-refractivity contribution in [2.45, 2.75) is 115 Å². The molecule has 0 aliphatic rings. The largest absolute Gasteiger partial charge is 0.481 e. The Bertz CT molecular complexity index is 629. The Morgan fingerprint density at radius 3 is 1.45 bits per heavy atom. The van der Waals surface area contributed by atoms with Gasteiger partial charge < -0.3 is 5.11 Å². The molecule has 0 fully saturated rings. The van der Waals surface area contributed by atoms with Crippen LogP contribution in [0.3, 0.4) is 0 Å². The van der Waals surface area contributed by atoms with Crippen LogP contribution in [0.2, 0.25) is 0 Å². The first-order valence-electron chi connectivity index (χ1n) is 12.1. The Kier molecular flexibility index (Phi) is 19.6. The standard InChI is InChI=1S/C18H36O2.C7H8O3S/c1-2-3-4-5-6-7-8-9-10-11-12-13-14-15-16-17-18(19)20;8-11(9,10)6-7-4-2-1-3-5-7/h2-17H2,1H3,(H,19,20);1-5H,6H2,(H,8,9,10). The molecule has 0 saturated carbocycles. The minimum atomic E-state index is -3.88. The van der Waals surface area contributed by atoms with Gasteiger partial charge in [0.05, 0.1) is 0 Å². The summed E-state index contributed by atoms with van der Waals surface area (Å²) in [4.78, 5) is 10.3. The van der Waals surface area contributed by atoms with Gasteiger partial charge in [-0.2, -0.15) is 8.42 Å².